The summed E-state index contributed by atoms with van der Waals surface area (Å²) in [5.74, 6) is 1.03. The predicted octanol–water partition coefficient (Wildman–Crippen LogP) is 4.13. The Kier molecular flexibility index (Phi) is 6.73. The van der Waals surface area contributed by atoms with Crippen LogP contribution in [0.15, 0.2) is 41.4 Å². The number of hydrogen-bond acceptors (Lipinski definition) is 8. The Bertz CT molecular complexity index is 1020. The number of rotatable bonds is 7. The van der Waals surface area contributed by atoms with E-state index in [0.29, 0.717) is 18.5 Å². The average molecular weight is 439 g/mol. The van der Waals surface area contributed by atoms with E-state index >= 15 is 0 Å². The normalized spacial score (nSPS) is 14.5. The van der Waals surface area contributed by atoms with E-state index in [9.17, 15) is 4.79 Å². The van der Waals surface area contributed by atoms with E-state index in [2.05, 4.69) is 47.3 Å². The van der Waals surface area contributed by atoms with E-state index in [1.54, 1.807) is 11.3 Å². The highest BCUT2D eigenvalue weighted by Crippen LogP contribution is 2.26. The Balaban J connectivity index is 1.36. The third kappa shape index (κ3) is 5.56. The van der Waals surface area contributed by atoms with Gasteiger partial charge >= 0.3 is 0 Å². The number of anilines is 4. The molecule has 1 aliphatic heterocycles. The molecule has 0 aliphatic carbocycles. The van der Waals surface area contributed by atoms with Gasteiger partial charge in [-0.05, 0) is 59.9 Å². The molecule has 1 fully saturated rings. The van der Waals surface area contributed by atoms with Crippen molar-refractivity contribution in [3.8, 4) is 0 Å². The second-order valence-corrected chi connectivity index (χ2v) is 8.30. The number of carbonyl (C=O) groups is 1. The van der Waals surface area contributed by atoms with Crippen LogP contribution in [0.3, 0.4) is 0 Å². The maximum Gasteiger partial charge on any atom is 0.232 e. The van der Waals surface area contributed by atoms with Crippen molar-refractivity contribution < 1.29 is 9.53 Å². The van der Waals surface area contributed by atoms with Crippen molar-refractivity contribution in [2.45, 2.75) is 39.4 Å². The van der Waals surface area contributed by atoms with Gasteiger partial charge in [0, 0.05) is 31.4 Å². The van der Waals surface area contributed by atoms with E-state index in [1.807, 2.05) is 25.1 Å². The van der Waals surface area contributed by atoms with Crippen molar-refractivity contribution in [3.05, 3.63) is 52.5 Å². The standard InChI is InChI=1S/C22H26N6O2S/c1-15-19(25-16(2)29)4-3-5-20(15)26-21-23-14-24-22(27-21)28-9-6-18(7-10-28)30-12-17-8-11-31-13-17/h3-5,8,11,13-14,18H,6-7,9-10,12H2,1-2H3,(H,25,29)(H,23,24,26,27). The Morgan fingerprint density at radius 1 is 1.23 bits per heavy atom. The number of ether oxygens (including phenoxy) is 1. The zero-order valence-electron chi connectivity index (χ0n) is 17.7. The quantitative estimate of drug-likeness (QED) is 0.573. The summed E-state index contributed by atoms with van der Waals surface area (Å²) in [6.07, 6.45) is 3.67. The van der Waals surface area contributed by atoms with Gasteiger partial charge in [0.25, 0.3) is 0 Å². The number of carbonyl (C=O) groups excluding carboxylic acids is 1. The summed E-state index contributed by atoms with van der Waals surface area (Å²) in [4.78, 5) is 26.8. The molecule has 9 heteroatoms. The van der Waals surface area contributed by atoms with Gasteiger partial charge in [-0.1, -0.05) is 6.07 Å². The second kappa shape index (κ2) is 9.84. The molecular weight excluding hydrogens is 412 g/mol. The first-order chi connectivity index (χ1) is 15.1. The van der Waals surface area contributed by atoms with Crippen LogP contribution >= 0.6 is 11.3 Å². The lowest BCUT2D eigenvalue weighted by molar-refractivity contribution is -0.114. The van der Waals surface area contributed by atoms with Gasteiger partial charge in [0.05, 0.1) is 12.7 Å². The first-order valence-corrected chi connectivity index (χ1v) is 11.2. The summed E-state index contributed by atoms with van der Waals surface area (Å²) in [7, 11) is 0. The molecule has 1 amide bonds. The van der Waals surface area contributed by atoms with Gasteiger partial charge in [0.15, 0.2) is 0 Å². The maximum absolute atomic E-state index is 11.4. The number of amides is 1. The van der Waals surface area contributed by atoms with E-state index < -0.39 is 0 Å². The molecule has 1 saturated heterocycles. The molecule has 0 saturated carbocycles. The molecule has 1 aromatic carbocycles. The number of nitrogens with one attached hydrogen (secondary N) is 2. The molecule has 2 aromatic heterocycles. The Morgan fingerprint density at radius 3 is 2.77 bits per heavy atom. The summed E-state index contributed by atoms with van der Waals surface area (Å²) >= 11 is 1.69. The minimum atomic E-state index is -0.106. The number of piperidine rings is 1. The Labute approximate surface area is 185 Å². The molecule has 2 N–H and O–H groups in total. The highest BCUT2D eigenvalue weighted by Gasteiger charge is 2.22. The van der Waals surface area contributed by atoms with Gasteiger partial charge < -0.3 is 20.3 Å². The van der Waals surface area contributed by atoms with Gasteiger partial charge in [-0.3, -0.25) is 4.79 Å². The molecule has 31 heavy (non-hydrogen) atoms. The van der Waals surface area contributed by atoms with Crippen molar-refractivity contribution >= 4 is 40.5 Å². The monoisotopic (exact) mass is 438 g/mol. The molecule has 0 atom stereocenters. The molecule has 1 aliphatic rings. The summed E-state index contributed by atoms with van der Waals surface area (Å²) < 4.78 is 6.05. The first-order valence-electron chi connectivity index (χ1n) is 10.3. The van der Waals surface area contributed by atoms with Crippen LogP contribution in [0.2, 0.25) is 0 Å². The number of nitrogens with zero attached hydrogens (tertiary/aromatic N) is 4. The fraction of sp³-hybridized carbons (Fsp3) is 0.364. The Morgan fingerprint density at radius 2 is 2.03 bits per heavy atom. The molecule has 0 unspecified atom stereocenters. The van der Waals surface area contributed by atoms with Gasteiger partial charge in [-0.2, -0.15) is 16.3 Å². The number of hydrogen-bond donors (Lipinski definition) is 2. The van der Waals surface area contributed by atoms with E-state index in [-0.39, 0.29) is 12.0 Å². The van der Waals surface area contributed by atoms with E-state index in [4.69, 9.17) is 4.74 Å². The minimum absolute atomic E-state index is 0.106. The first kappa shape index (κ1) is 21.2. The second-order valence-electron chi connectivity index (χ2n) is 7.52. The molecule has 4 rings (SSSR count). The fourth-order valence-electron chi connectivity index (χ4n) is 3.53. The van der Waals surface area contributed by atoms with Crippen LogP contribution < -0.4 is 15.5 Å². The molecule has 3 heterocycles. The lowest BCUT2D eigenvalue weighted by Crippen LogP contribution is -2.38. The summed E-state index contributed by atoms with van der Waals surface area (Å²) in [6, 6.07) is 7.78. The molecule has 0 radical (unpaired) electrons. The Hall–Kier alpha value is -3.04. The zero-order chi connectivity index (χ0) is 21.6. The molecule has 0 bridgehead atoms. The minimum Gasteiger partial charge on any atom is -0.373 e. The largest absolute Gasteiger partial charge is 0.373 e. The van der Waals surface area contributed by atoms with Crippen molar-refractivity contribution in [1.29, 1.82) is 0 Å². The van der Waals surface area contributed by atoms with Crippen LogP contribution in [0.5, 0.6) is 0 Å². The molecule has 0 spiro atoms. The SMILES string of the molecule is CC(=O)Nc1cccc(Nc2ncnc(N3CCC(OCc4ccsc4)CC3)n2)c1C. The lowest BCUT2D eigenvalue weighted by atomic mass is 10.1. The van der Waals surface area contributed by atoms with Gasteiger partial charge in [-0.25, -0.2) is 9.97 Å². The number of benzene rings is 1. The summed E-state index contributed by atoms with van der Waals surface area (Å²) in [5.41, 5.74) is 3.75. The average Bonchev–Trinajstić information content (AvgIpc) is 3.29. The molecular formula is C22H26N6O2S. The van der Waals surface area contributed by atoms with Crippen LogP contribution in [-0.4, -0.2) is 40.1 Å². The predicted molar refractivity (Wildman–Crippen MR) is 123 cm³/mol. The number of aromatic nitrogens is 3. The van der Waals surface area contributed by atoms with Crippen molar-refractivity contribution in [2.24, 2.45) is 0 Å². The molecule has 3 aromatic rings. The van der Waals surface area contributed by atoms with Crippen LogP contribution in [0.4, 0.5) is 23.3 Å². The third-order valence-corrected chi connectivity index (χ3v) is 5.97. The lowest BCUT2D eigenvalue weighted by Gasteiger charge is -2.31. The van der Waals surface area contributed by atoms with Crippen LogP contribution in [0.1, 0.15) is 30.9 Å². The van der Waals surface area contributed by atoms with Gasteiger partial charge in [0.1, 0.15) is 6.33 Å². The van der Waals surface area contributed by atoms with E-state index in [1.165, 1.54) is 18.8 Å². The number of thiophene rings is 1. The molecule has 8 nitrogen and oxygen atoms in total. The highest BCUT2D eigenvalue weighted by atomic mass is 32.1. The van der Waals surface area contributed by atoms with Crippen molar-refractivity contribution in [1.82, 2.24) is 15.0 Å². The topological polar surface area (TPSA) is 92.3 Å². The smallest absolute Gasteiger partial charge is 0.232 e. The van der Waals surface area contributed by atoms with Crippen molar-refractivity contribution in [3.63, 3.8) is 0 Å². The van der Waals surface area contributed by atoms with Crippen LogP contribution in [-0.2, 0) is 16.1 Å². The summed E-state index contributed by atoms with van der Waals surface area (Å²) in [5, 5.41) is 10.3. The zero-order valence-corrected chi connectivity index (χ0v) is 18.5. The summed E-state index contributed by atoms with van der Waals surface area (Å²) in [6.45, 7) is 5.79. The highest BCUT2D eigenvalue weighted by molar-refractivity contribution is 7.07. The van der Waals surface area contributed by atoms with Crippen molar-refractivity contribution in [2.75, 3.05) is 28.6 Å². The third-order valence-electron chi connectivity index (χ3n) is 5.24. The van der Waals surface area contributed by atoms with Gasteiger partial charge in [0.2, 0.25) is 17.8 Å². The maximum atomic E-state index is 11.4. The van der Waals surface area contributed by atoms with Crippen LogP contribution in [0, 0.1) is 6.92 Å². The van der Waals surface area contributed by atoms with E-state index in [0.717, 1.165) is 42.9 Å². The molecule has 162 valence electrons. The van der Waals surface area contributed by atoms with Gasteiger partial charge in [-0.15, -0.1) is 0 Å². The van der Waals surface area contributed by atoms with Crippen LogP contribution in [0.25, 0.3) is 0 Å². The fourth-order valence-corrected chi connectivity index (χ4v) is 4.18.